The topological polar surface area (TPSA) is 70.8 Å². The van der Waals surface area contributed by atoms with Crippen LogP contribution in [0.4, 0.5) is 8.78 Å². The van der Waals surface area contributed by atoms with Gasteiger partial charge >= 0.3 is 6.61 Å². The van der Waals surface area contributed by atoms with E-state index in [9.17, 15) is 18.7 Å². The van der Waals surface area contributed by atoms with Crippen molar-refractivity contribution >= 4 is 17.9 Å². The monoisotopic (exact) mass is 472 g/mol. The minimum absolute atomic E-state index is 0.0000723. The van der Waals surface area contributed by atoms with Crippen LogP contribution in [-0.4, -0.2) is 55.8 Å². The zero-order chi connectivity index (χ0) is 22.9. The molecule has 2 aliphatic heterocycles. The zero-order valence-corrected chi connectivity index (χ0v) is 18.4. The molecule has 2 aromatic carbocycles. The number of alkyl halides is 2. The molecule has 33 heavy (non-hydrogen) atoms. The number of ether oxygens (including phenoxy) is 1. The molecule has 1 unspecified atom stereocenters. The minimum atomic E-state index is -2.85. The number of fused-ring (bicyclic) bond motifs is 1. The van der Waals surface area contributed by atoms with Crippen LogP contribution in [0.1, 0.15) is 22.9 Å². The van der Waals surface area contributed by atoms with Gasteiger partial charge < -0.3 is 14.7 Å². The van der Waals surface area contributed by atoms with Crippen molar-refractivity contribution in [2.45, 2.75) is 36.7 Å². The fourth-order valence-electron chi connectivity index (χ4n) is 4.14. The Labute approximate surface area is 193 Å². The first-order valence-electron chi connectivity index (χ1n) is 10.5. The van der Waals surface area contributed by atoms with Crippen LogP contribution in [0.15, 0.2) is 65.7 Å². The average molecular weight is 473 g/mol. The number of amides is 1. The van der Waals surface area contributed by atoms with Crippen LogP contribution < -0.4 is 4.74 Å². The van der Waals surface area contributed by atoms with Crippen molar-refractivity contribution in [3.8, 4) is 5.75 Å². The Hall–Kier alpha value is -2.95. The Balaban J connectivity index is 1.25. The first-order chi connectivity index (χ1) is 16.0. The molecule has 0 saturated carbocycles. The van der Waals surface area contributed by atoms with Crippen molar-refractivity contribution in [2.75, 3.05) is 13.1 Å². The number of carbonyl (C=O) groups excluding carboxylic acids is 1. The van der Waals surface area contributed by atoms with E-state index in [1.165, 1.54) is 24.1 Å². The van der Waals surface area contributed by atoms with E-state index < -0.39 is 18.8 Å². The van der Waals surface area contributed by atoms with E-state index in [4.69, 9.17) is 0 Å². The Bertz CT molecular complexity index is 1100. The van der Waals surface area contributed by atoms with Crippen LogP contribution in [0.25, 0.3) is 0 Å². The number of benzene rings is 2. The highest BCUT2D eigenvalue weighted by Gasteiger charge is 2.40. The SMILES string of the molecule is O=C(C(c1ccccc1)N1CC(O)C1)N1Cc2cn(Sc3ccc(OC(F)F)cc3)nc2C1. The number of aliphatic hydroxyl groups is 1. The summed E-state index contributed by atoms with van der Waals surface area (Å²) in [5, 5.41) is 14.3. The molecule has 0 bridgehead atoms. The first-order valence-corrected chi connectivity index (χ1v) is 11.3. The van der Waals surface area contributed by atoms with E-state index in [0.717, 1.165) is 21.7 Å². The molecule has 1 aromatic heterocycles. The smallest absolute Gasteiger partial charge is 0.387 e. The highest BCUT2D eigenvalue weighted by molar-refractivity contribution is 7.97. The lowest BCUT2D eigenvalue weighted by molar-refractivity contribution is -0.143. The van der Waals surface area contributed by atoms with Gasteiger partial charge in [0.2, 0.25) is 5.91 Å². The summed E-state index contributed by atoms with van der Waals surface area (Å²) < 4.78 is 30.7. The number of hydrogen-bond donors (Lipinski definition) is 1. The van der Waals surface area contributed by atoms with E-state index in [1.807, 2.05) is 41.4 Å². The standard InChI is InChI=1S/C23H22F2N4O3S/c24-23(25)32-18-6-8-19(9-7-18)33-29-11-16-10-28(14-20(16)26-29)22(31)21(27-12-17(30)13-27)15-4-2-1-3-5-15/h1-9,11,17,21,23,30H,10,12-14H2. The molecule has 0 spiro atoms. The third-order valence-corrected chi connectivity index (χ3v) is 6.58. The fourth-order valence-corrected chi connectivity index (χ4v) is 4.93. The van der Waals surface area contributed by atoms with Crippen molar-refractivity contribution in [1.29, 1.82) is 0 Å². The lowest BCUT2D eigenvalue weighted by atomic mass is 9.99. The van der Waals surface area contributed by atoms with Crippen LogP contribution in [0.5, 0.6) is 5.75 Å². The summed E-state index contributed by atoms with van der Waals surface area (Å²) in [7, 11) is 0. The summed E-state index contributed by atoms with van der Waals surface area (Å²) in [5.74, 6) is 0.106. The molecule has 1 amide bonds. The molecule has 1 saturated heterocycles. The Kier molecular flexibility index (Phi) is 6.05. The quantitative estimate of drug-likeness (QED) is 0.569. The van der Waals surface area contributed by atoms with Gasteiger partial charge in [-0.25, -0.2) is 4.09 Å². The van der Waals surface area contributed by atoms with E-state index in [1.54, 1.807) is 21.1 Å². The number of likely N-dealkylation sites (tertiary alicyclic amines) is 1. The maximum absolute atomic E-state index is 13.4. The van der Waals surface area contributed by atoms with E-state index >= 15 is 0 Å². The van der Waals surface area contributed by atoms with Gasteiger partial charge in [-0.3, -0.25) is 9.69 Å². The molecule has 7 nitrogen and oxygen atoms in total. The normalized spacial score (nSPS) is 17.2. The molecule has 1 atom stereocenters. The van der Waals surface area contributed by atoms with Crippen LogP contribution >= 0.6 is 11.9 Å². The van der Waals surface area contributed by atoms with E-state index in [2.05, 4.69) is 9.84 Å². The molecular weight excluding hydrogens is 450 g/mol. The molecule has 1 fully saturated rings. The van der Waals surface area contributed by atoms with Gasteiger partial charge in [0.05, 0.1) is 18.3 Å². The fraction of sp³-hybridized carbons (Fsp3) is 0.304. The zero-order valence-electron chi connectivity index (χ0n) is 17.6. The van der Waals surface area contributed by atoms with Crippen molar-refractivity contribution in [1.82, 2.24) is 19.0 Å². The van der Waals surface area contributed by atoms with Gasteiger partial charge in [-0.1, -0.05) is 30.3 Å². The van der Waals surface area contributed by atoms with Crippen LogP contribution in [0, 0.1) is 0 Å². The van der Waals surface area contributed by atoms with Crippen LogP contribution in [0.3, 0.4) is 0 Å². The van der Waals surface area contributed by atoms with E-state index in [-0.39, 0.29) is 11.7 Å². The molecule has 1 N–H and O–H groups in total. The van der Waals surface area contributed by atoms with Crippen LogP contribution in [-0.2, 0) is 17.9 Å². The number of nitrogens with zero attached hydrogens (tertiary/aromatic N) is 4. The van der Waals surface area contributed by atoms with Gasteiger partial charge in [0.25, 0.3) is 0 Å². The second-order valence-electron chi connectivity index (χ2n) is 8.06. The third-order valence-electron chi connectivity index (χ3n) is 5.72. The molecular formula is C23H22F2N4O3S. The number of aliphatic hydroxyl groups excluding tert-OH is 1. The van der Waals surface area contributed by atoms with Gasteiger partial charge in [-0.15, -0.1) is 0 Å². The third kappa shape index (κ3) is 4.73. The van der Waals surface area contributed by atoms with Crippen molar-refractivity contribution in [2.24, 2.45) is 0 Å². The first kappa shape index (κ1) is 21.9. The van der Waals surface area contributed by atoms with Gasteiger partial charge in [0.15, 0.2) is 0 Å². The molecule has 10 heteroatoms. The highest BCUT2D eigenvalue weighted by atomic mass is 32.2. The number of aromatic nitrogens is 2. The summed E-state index contributed by atoms with van der Waals surface area (Å²) in [6, 6.07) is 15.6. The molecule has 3 aromatic rings. The van der Waals surface area contributed by atoms with Gasteiger partial charge in [-0.2, -0.15) is 13.9 Å². The molecule has 0 radical (unpaired) electrons. The molecule has 3 heterocycles. The summed E-state index contributed by atoms with van der Waals surface area (Å²) in [5.41, 5.74) is 2.73. The van der Waals surface area contributed by atoms with Crippen molar-refractivity contribution < 1.29 is 23.4 Å². The maximum Gasteiger partial charge on any atom is 0.387 e. The average Bonchev–Trinajstić information content (AvgIpc) is 3.33. The predicted octanol–water partition coefficient (Wildman–Crippen LogP) is 3.30. The summed E-state index contributed by atoms with van der Waals surface area (Å²) >= 11 is 1.35. The number of hydrogen-bond acceptors (Lipinski definition) is 6. The Morgan fingerprint density at radius 2 is 1.82 bits per heavy atom. The lowest BCUT2D eigenvalue weighted by Crippen LogP contribution is -2.55. The number of carbonyl (C=O) groups is 1. The summed E-state index contributed by atoms with van der Waals surface area (Å²) in [4.78, 5) is 18.1. The van der Waals surface area contributed by atoms with Gasteiger partial charge in [0, 0.05) is 48.2 Å². The lowest BCUT2D eigenvalue weighted by Gasteiger charge is -2.42. The minimum Gasteiger partial charge on any atom is -0.435 e. The largest absolute Gasteiger partial charge is 0.435 e. The summed E-state index contributed by atoms with van der Waals surface area (Å²) in [6.45, 7) is -1.00. The van der Waals surface area contributed by atoms with Crippen molar-refractivity contribution in [3.05, 3.63) is 77.6 Å². The van der Waals surface area contributed by atoms with Crippen molar-refractivity contribution in [3.63, 3.8) is 0 Å². The number of β-amino-alcohol motifs (C(OH)–C–C–N with tert-alkyl or cyclic N) is 1. The number of halogens is 2. The molecule has 172 valence electrons. The van der Waals surface area contributed by atoms with E-state index in [0.29, 0.717) is 26.2 Å². The molecule has 0 aliphatic carbocycles. The Morgan fingerprint density at radius 1 is 1.09 bits per heavy atom. The second-order valence-corrected chi connectivity index (χ2v) is 9.09. The predicted molar refractivity (Wildman–Crippen MR) is 118 cm³/mol. The number of rotatable bonds is 7. The maximum atomic E-state index is 13.4. The van der Waals surface area contributed by atoms with Gasteiger partial charge in [-0.05, 0) is 29.8 Å². The molecule has 2 aliphatic rings. The summed E-state index contributed by atoms with van der Waals surface area (Å²) in [6.07, 6.45) is 1.50. The highest BCUT2D eigenvalue weighted by Crippen LogP contribution is 2.33. The molecule has 5 rings (SSSR count). The Morgan fingerprint density at radius 3 is 2.45 bits per heavy atom. The second kappa shape index (κ2) is 9.12. The van der Waals surface area contributed by atoms with Gasteiger partial charge in [0.1, 0.15) is 11.8 Å². The van der Waals surface area contributed by atoms with Crippen LogP contribution in [0.2, 0.25) is 0 Å².